The lowest BCUT2D eigenvalue weighted by atomic mass is 10.2. The molecule has 2 aromatic rings. The maximum atomic E-state index is 11.9. The second-order valence-electron chi connectivity index (χ2n) is 4.81. The fourth-order valence-corrected chi connectivity index (χ4v) is 3.24. The summed E-state index contributed by atoms with van der Waals surface area (Å²) >= 11 is 12.3. The van der Waals surface area contributed by atoms with Crippen molar-refractivity contribution in [2.75, 3.05) is 6.54 Å². The molecule has 0 heterocycles. The zero-order chi connectivity index (χ0) is 18.4. The van der Waals surface area contributed by atoms with Gasteiger partial charge in [-0.3, -0.25) is 9.59 Å². The number of phenolic OH excluding ortho intramolecular Hbond substituents is 1. The molecular formula is C16H12Br2ClN3O3. The minimum atomic E-state index is -0.514. The Hall–Kier alpha value is -1.90. The van der Waals surface area contributed by atoms with Crippen LogP contribution in [0.15, 0.2) is 50.4 Å². The quantitative estimate of drug-likeness (QED) is 0.444. The lowest BCUT2D eigenvalue weighted by Crippen LogP contribution is -2.34. The highest BCUT2D eigenvalue weighted by atomic mass is 79.9. The van der Waals surface area contributed by atoms with Gasteiger partial charge >= 0.3 is 0 Å². The van der Waals surface area contributed by atoms with Gasteiger partial charge in [-0.2, -0.15) is 5.10 Å². The van der Waals surface area contributed by atoms with Gasteiger partial charge in [0.2, 0.25) is 0 Å². The number of nitrogens with zero attached hydrogens (tertiary/aromatic N) is 1. The first-order chi connectivity index (χ1) is 11.9. The minimum Gasteiger partial charge on any atom is -0.506 e. The van der Waals surface area contributed by atoms with E-state index in [-0.39, 0.29) is 12.3 Å². The van der Waals surface area contributed by atoms with Crippen LogP contribution in [0, 0.1) is 0 Å². The number of halogens is 3. The molecule has 2 rings (SSSR count). The summed E-state index contributed by atoms with van der Waals surface area (Å²) in [7, 11) is 0. The van der Waals surface area contributed by atoms with E-state index in [1.807, 2.05) is 0 Å². The number of hydrogen-bond acceptors (Lipinski definition) is 4. The average molecular weight is 490 g/mol. The number of benzene rings is 2. The third kappa shape index (κ3) is 5.84. The van der Waals surface area contributed by atoms with Crippen molar-refractivity contribution in [1.82, 2.24) is 10.7 Å². The van der Waals surface area contributed by atoms with E-state index in [1.54, 1.807) is 30.3 Å². The summed E-state index contributed by atoms with van der Waals surface area (Å²) < 4.78 is 1.22. The predicted octanol–water partition coefficient (Wildman–Crippen LogP) is 3.45. The van der Waals surface area contributed by atoms with E-state index in [0.717, 1.165) is 4.47 Å². The Morgan fingerprint density at radius 2 is 2.00 bits per heavy atom. The first kappa shape index (κ1) is 19.4. The van der Waals surface area contributed by atoms with Crippen molar-refractivity contribution in [3.63, 3.8) is 0 Å². The molecule has 0 aliphatic heterocycles. The van der Waals surface area contributed by atoms with E-state index < -0.39 is 11.8 Å². The van der Waals surface area contributed by atoms with Crippen LogP contribution in [0.2, 0.25) is 5.02 Å². The summed E-state index contributed by atoms with van der Waals surface area (Å²) in [6.45, 7) is -0.253. The maximum absolute atomic E-state index is 11.9. The van der Waals surface area contributed by atoms with Gasteiger partial charge in [0.05, 0.1) is 17.2 Å². The van der Waals surface area contributed by atoms with Gasteiger partial charge < -0.3 is 10.4 Å². The first-order valence-corrected chi connectivity index (χ1v) is 8.87. The van der Waals surface area contributed by atoms with Gasteiger partial charge in [-0.25, -0.2) is 5.43 Å². The van der Waals surface area contributed by atoms with Crippen LogP contribution < -0.4 is 10.7 Å². The number of hydrazone groups is 1. The molecule has 0 aromatic heterocycles. The average Bonchev–Trinajstić information content (AvgIpc) is 2.57. The van der Waals surface area contributed by atoms with Gasteiger partial charge in [-0.1, -0.05) is 33.6 Å². The molecule has 2 aromatic carbocycles. The Morgan fingerprint density at radius 1 is 1.24 bits per heavy atom. The molecule has 9 heteroatoms. The molecule has 0 spiro atoms. The third-order valence-corrected chi connectivity index (χ3v) is 4.24. The lowest BCUT2D eigenvalue weighted by Gasteiger charge is -2.05. The number of amides is 2. The Bertz CT molecular complexity index is 843. The van der Waals surface area contributed by atoms with Gasteiger partial charge in [0.1, 0.15) is 5.75 Å². The number of carbonyl (C=O) groups is 2. The normalized spacial score (nSPS) is 10.7. The van der Waals surface area contributed by atoms with E-state index in [9.17, 15) is 14.7 Å². The van der Waals surface area contributed by atoms with Crippen LogP contribution in [-0.2, 0) is 4.79 Å². The molecule has 6 nitrogen and oxygen atoms in total. The Morgan fingerprint density at radius 3 is 2.72 bits per heavy atom. The zero-order valence-electron chi connectivity index (χ0n) is 12.6. The molecular weight excluding hydrogens is 477 g/mol. The van der Waals surface area contributed by atoms with Crippen LogP contribution in [0.25, 0.3) is 0 Å². The summed E-state index contributed by atoms with van der Waals surface area (Å²) in [5.74, 6) is -0.939. The monoisotopic (exact) mass is 487 g/mol. The molecule has 2 amide bonds. The summed E-state index contributed by atoms with van der Waals surface area (Å²) in [4.78, 5) is 23.6. The van der Waals surface area contributed by atoms with Gasteiger partial charge in [-0.15, -0.1) is 0 Å². The molecule has 0 aliphatic carbocycles. The SMILES string of the molecule is O=C(CNC(=O)c1cccc(Cl)c1)N/N=C\c1cc(Br)cc(Br)c1O. The molecule has 0 atom stereocenters. The number of rotatable bonds is 5. The van der Waals surface area contributed by atoms with Crippen LogP contribution in [-0.4, -0.2) is 29.7 Å². The van der Waals surface area contributed by atoms with Gasteiger partial charge in [-0.05, 0) is 46.3 Å². The maximum Gasteiger partial charge on any atom is 0.259 e. The summed E-state index contributed by atoms with van der Waals surface area (Å²) in [6.07, 6.45) is 1.29. The summed E-state index contributed by atoms with van der Waals surface area (Å²) in [5, 5.41) is 16.5. The van der Waals surface area contributed by atoms with E-state index in [4.69, 9.17) is 11.6 Å². The number of hydrogen-bond donors (Lipinski definition) is 3. The van der Waals surface area contributed by atoms with Crippen LogP contribution in [0.3, 0.4) is 0 Å². The number of aromatic hydroxyl groups is 1. The standard InChI is InChI=1S/C16H12Br2ClN3O3/c17-11-4-10(15(24)13(18)6-11)7-21-22-14(23)8-20-16(25)9-2-1-3-12(19)5-9/h1-7,24H,8H2,(H,20,25)(H,22,23)/b21-7-. The molecule has 0 fully saturated rings. The van der Waals surface area contributed by atoms with Crippen molar-refractivity contribution in [2.24, 2.45) is 5.10 Å². The number of phenols is 1. The Balaban J connectivity index is 1.88. The van der Waals surface area contributed by atoms with Crippen molar-refractivity contribution in [1.29, 1.82) is 0 Å². The largest absolute Gasteiger partial charge is 0.506 e. The molecule has 130 valence electrons. The smallest absolute Gasteiger partial charge is 0.259 e. The zero-order valence-corrected chi connectivity index (χ0v) is 16.5. The second-order valence-corrected chi connectivity index (χ2v) is 7.02. The number of nitrogens with one attached hydrogen (secondary N) is 2. The highest BCUT2D eigenvalue weighted by Gasteiger charge is 2.08. The molecule has 25 heavy (non-hydrogen) atoms. The third-order valence-electron chi connectivity index (χ3n) is 2.95. The molecule has 0 unspecified atom stereocenters. The van der Waals surface area contributed by atoms with Gasteiger partial charge in [0.25, 0.3) is 11.8 Å². The van der Waals surface area contributed by atoms with Crippen molar-refractivity contribution in [2.45, 2.75) is 0 Å². The van der Waals surface area contributed by atoms with Crippen LogP contribution >= 0.6 is 43.5 Å². The summed E-state index contributed by atoms with van der Waals surface area (Å²) in [5.41, 5.74) is 3.02. The lowest BCUT2D eigenvalue weighted by molar-refractivity contribution is -0.120. The van der Waals surface area contributed by atoms with Gasteiger partial charge in [0, 0.05) is 20.6 Å². The number of carbonyl (C=O) groups excluding carboxylic acids is 2. The summed E-state index contributed by atoms with van der Waals surface area (Å²) in [6, 6.07) is 9.69. The second kappa shape index (κ2) is 8.98. The Labute approximate surface area is 165 Å². The molecule has 0 saturated heterocycles. The van der Waals surface area contributed by atoms with Crippen LogP contribution in [0.1, 0.15) is 15.9 Å². The van der Waals surface area contributed by atoms with E-state index in [1.165, 1.54) is 12.3 Å². The van der Waals surface area contributed by atoms with E-state index in [0.29, 0.717) is 20.6 Å². The highest BCUT2D eigenvalue weighted by Crippen LogP contribution is 2.30. The molecule has 0 bridgehead atoms. The van der Waals surface area contributed by atoms with E-state index >= 15 is 0 Å². The topological polar surface area (TPSA) is 90.8 Å². The van der Waals surface area contributed by atoms with Gasteiger partial charge in [0.15, 0.2) is 0 Å². The van der Waals surface area contributed by atoms with Crippen LogP contribution in [0.4, 0.5) is 0 Å². The molecule has 0 saturated carbocycles. The van der Waals surface area contributed by atoms with Crippen molar-refractivity contribution in [3.8, 4) is 5.75 Å². The highest BCUT2D eigenvalue weighted by molar-refractivity contribution is 9.11. The Kier molecular flexibility index (Phi) is 6.98. The van der Waals surface area contributed by atoms with Crippen LogP contribution in [0.5, 0.6) is 5.75 Å². The van der Waals surface area contributed by atoms with Crippen molar-refractivity contribution < 1.29 is 14.7 Å². The molecule has 0 aliphatic rings. The fraction of sp³-hybridized carbons (Fsp3) is 0.0625. The first-order valence-electron chi connectivity index (χ1n) is 6.90. The van der Waals surface area contributed by atoms with Crippen molar-refractivity contribution in [3.05, 3.63) is 61.5 Å². The fourth-order valence-electron chi connectivity index (χ4n) is 1.79. The predicted molar refractivity (Wildman–Crippen MR) is 103 cm³/mol. The van der Waals surface area contributed by atoms with E-state index in [2.05, 4.69) is 47.7 Å². The molecule has 3 N–H and O–H groups in total. The molecule has 0 radical (unpaired) electrons. The van der Waals surface area contributed by atoms with Crippen molar-refractivity contribution >= 4 is 61.5 Å². The minimum absolute atomic E-state index is 0.00421.